The van der Waals surface area contributed by atoms with Crippen LogP contribution in [0.4, 0.5) is 0 Å². The summed E-state index contributed by atoms with van der Waals surface area (Å²) in [5.41, 5.74) is 1.64. The maximum absolute atomic E-state index is 10.7. The number of rotatable bonds is 2. The van der Waals surface area contributed by atoms with E-state index in [0.717, 1.165) is 37.2 Å². The summed E-state index contributed by atoms with van der Waals surface area (Å²) in [5, 5.41) is 10.7. The second-order valence-corrected chi connectivity index (χ2v) is 5.55. The van der Waals surface area contributed by atoms with E-state index in [9.17, 15) is 5.11 Å². The van der Waals surface area contributed by atoms with Crippen molar-refractivity contribution in [2.75, 3.05) is 6.61 Å². The van der Waals surface area contributed by atoms with Crippen molar-refractivity contribution < 1.29 is 9.84 Å². The lowest BCUT2D eigenvalue weighted by Crippen LogP contribution is -2.31. The minimum atomic E-state index is -0.704. The second-order valence-electron chi connectivity index (χ2n) is 5.55. The molecule has 1 atom stereocenters. The van der Waals surface area contributed by atoms with Gasteiger partial charge >= 0.3 is 0 Å². The predicted molar refractivity (Wildman–Crippen MR) is 62.6 cm³/mol. The molecule has 0 bridgehead atoms. The molecule has 0 radical (unpaired) electrons. The highest BCUT2D eigenvalue weighted by Crippen LogP contribution is 2.58. The largest absolute Gasteiger partial charge is 0.493 e. The molecule has 3 rings (SSSR count). The molecule has 2 aliphatic rings. The van der Waals surface area contributed by atoms with Crippen LogP contribution >= 0.6 is 0 Å². The topological polar surface area (TPSA) is 29.5 Å². The third-order valence-electron chi connectivity index (χ3n) is 4.43. The molecule has 2 nitrogen and oxygen atoms in total. The average molecular weight is 218 g/mol. The Hall–Kier alpha value is -1.02. The van der Waals surface area contributed by atoms with Crippen molar-refractivity contribution in [3.63, 3.8) is 0 Å². The molecule has 0 spiro atoms. The molecule has 1 saturated carbocycles. The van der Waals surface area contributed by atoms with Crippen LogP contribution in [0.15, 0.2) is 18.2 Å². The summed E-state index contributed by atoms with van der Waals surface area (Å²) in [6, 6.07) is 6.12. The smallest absolute Gasteiger partial charge is 0.122 e. The molecule has 2 heteroatoms. The normalized spacial score (nSPS) is 24.4. The van der Waals surface area contributed by atoms with Crippen molar-refractivity contribution in [2.24, 2.45) is 5.41 Å². The van der Waals surface area contributed by atoms with Gasteiger partial charge in [-0.15, -0.1) is 0 Å². The lowest BCUT2D eigenvalue weighted by Gasteiger charge is -2.31. The van der Waals surface area contributed by atoms with Gasteiger partial charge in [0.25, 0.3) is 0 Å². The summed E-state index contributed by atoms with van der Waals surface area (Å²) >= 11 is 0. The molecule has 0 saturated heterocycles. The summed E-state index contributed by atoms with van der Waals surface area (Å²) in [6.07, 6.45) is 3.21. The van der Waals surface area contributed by atoms with Gasteiger partial charge in [-0.05, 0) is 43.0 Å². The Morgan fingerprint density at radius 2 is 2.12 bits per heavy atom. The van der Waals surface area contributed by atoms with Crippen LogP contribution in [-0.4, -0.2) is 11.7 Å². The fourth-order valence-electron chi connectivity index (χ4n) is 2.51. The number of ether oxygens (including phenoxy) is 1. The van der Waals surface area contributed by atoms with Crippen LogP contribution in [-0.2, 0) is 12.0 Å². The van der Waals surface area contributed by atoms with Gasteiger partial charge < -0.3 is 9.84 Å². The third-order valence-corrected chi connectivity index (χ3v) is 4.43. The van der Waals surface area contributed by atoms with E-state index in [-0.39, 0.29) is 5.41 Å². The van der Waals surface area contributed by atoms with Gasteiger partial charge in [0.15, 0.2) is 0 Å². The zero-order valence-corrected chi connectivity index (χ0v) is 9.92. The van der Waals surface area contributed by atoms with Crippen LogP contribution in [0, 0.1) is 5.41 Å². The van der Waals surface area contributed by atoms with E-state index in [1.54, 1.807) is 0 Å². The highest BCUT2D eigenvalue weighted by atomic mass is 16.5. The van der Waals surface area contributed by atoms with E-state index in [1.165, 1.54) is 5.56 Å². The van der Waals surface area contributed by atoms with Gasteiger partial charge in [0.05, 0.1) is 12.2 Å². The average Bonchev–Trinajstić information content (AvgIpc) is 2.86. The highest BCUT2D eigenvalue weighted by molar-refractivity contribution is 5.42. The maximum Gasteiger partial charge on any atom is 0.122 e. The Balaban J connectivity index is 2.01. The molecule has 1 heterocycles. The van der Waals surface area contributed by atoms with Gasteiger partial charge in [-0.2, -0.15) is 0 Å². The van der Waals surface area contributed by atoms with Crippen molar-refractivity contribution in [3.05, 3.63) is 29.3 Å². The Morgan fingerprint density at radius 1 is 1.38 bits per heavy atom. The van der Waals surface area contributed by atoms with E-state index in [1.807, 2.05) is 19.1 Å². The molecule has 0 aromatic heterocycles. The predicted octanol–water partition coefficient (Wildman–Crippen LogP) is 2.63. The van der Waals surface area contributed by atoms with Gasteiger partial charge in [0, 0.05) is 11.8 Å². The molecule has 1 aromatic rings. The van der Waals surface area contributed by atoms with Gasteiger partial charge in [-0.3, -0.25) is 0 Å². The Bertz CT molecular complexity index is 430. The van der Waals surface area contributed by atoms with Crippen LogP contribution in [0.5, 0.6) is 5.75 Å². The highest BCUT2D eigenvalue weighted by Gasteiger charge is 2.53. The first kappa shape index (κ1) is 10.2. The lowest BCUT2D eigenvalue weighted by molar-refractivity contribution is -0.0127. The number of fused-ring (bicyclic) bond motifs is 1. The van der Waals surface area contributed by atoms with Crippen molar-refractivity contribution in [2.45, 2.75) is 38.7 Å². The molecule has 1 unspecified atom stereocenters. The van der Waals surface area contributed by atoms with Crippen LogP contribution < -0.4 is 4.74 Å². The summed E-state index contributed by atoms with van der Waals surface area (Å²) in [4.78, 5) is 0. The van der Waals surface area contributed by atoms with E-state index in [0.29, 0.717) is 0 Å². The van der Waals surface area contributed by atoms with Crippen molar-refractivity contribution in [3.8, 4) is 5.75 Å². The van der Waals surface area contributed by atoms with Crippen LogP contribution in [0.25, 0.3) is 0 Å². The molecule has 86 valence electrons. The van der Waals surface area contributed by atoms with Crippen molar-refractivity contribution >= 4 is 0 Å². The number of hydrogen-bond acceptors (Lipinski definition) is 2. The van der Waals surface area contributed by atoms with Crippen molar-refractivity contribution in [1.29, 1.82) is 0 Å². The molecule has 1 aromatic carbocycles. The summed E-state index contributed by atoms with van der Waals surface area (Å²) in [7, 11) is 0. The molecule has 0 amide bonds. The first-order chi connectivity index (χ1) is 7.53. The van der Waals surface area contributed by atoms with Crippen LogP contribution in [0.1, 0.15) is 37.8 Å². The first-order valence-electron chi connectivity index (χ1n) is 6.02. The van der Waals surface area contributed by atoms with Crippen LogP contribution in [0.2, 0.25) is 0 Å². The van der Waals surface area contributed by atoms with Gasteiger partial charge in [0.1, 0.15) is 5.75 Å². The number of aliphatic hydroxyl groups is 1. The van der Waals surface area contributed by atoms with E-state index >= 15 is 0 Å². The maximum atomic E-state index is 10.7. The Kier molecular flexibility index (Phi) is 1.91. The van der Waals surface area contributed by atoms with E-state index in [2.05, 4.69) is 13.0 Å². The number of benzene rings is 1. The summed E-state index contributed by atoms with van der Waals surface area (Å²) in [5.74, 6) is 0.987. The molecule has 16 heavy (non-hydrogen) atoms. The number of hydrogen-bond donors (Lipinski definition) is 1. The zero-order valence-electron chi connectivity index (χ0n) is 9.92. The summed E-state index contributed by atoms with van der Waals surface area (Å²) in [6.45, 7) is 4.88. The fourth-order valence-corrected chi connectivity index (χ4v) is 2.51. The molecular formula is C14H18O2. The molecule has 1 aliphatic carbocycles. The lowest BCUT2D eigenvalue weighted by atomic mass is 9.80. The Morgan fingerprint density at radius 3 is 2.81 bits per heavy atom. The quantitative estimate of drug-likeness (QED) is 0.827. The first-order valence-corrected chi connectivity index (χ1v) is 6.02. The van der Waals surface area contributed by atoms with Crippen molar-refractivity contribution in [1.82, 2.24) is 0 Å². The molecule has 1 N–H and O–H groups in total. The Labute approximate surface area is 96.2 Å². The minimum absolute atomic E-state index is 0.0701. The molecule has 1 aliphatic heterocycles. The van der Waals surface area contributed by atoms with E-state index in [4.69, 9.17) is 4.74 Å². The van der Waals surface area contributed by atoms with Gasteiger partial charge in [-0.1, -0.05) is 13.0 Å². The van der Waals surface area contributed by atoms with Gasteiger partial charge in [0.2, 0.25) is 0 Å². The zero-order chi connectivity index (χ0) is 11.4. The molecular weight excluding hydrogens is 200 g/mol. The fraction of sp³-hybridized carbons (Fsp3) is 0.571. The SMILES string of the molecule is CC1(C(C)(O)c2ccc3c(c2)CCO3)CC1. The summed E-state index contributed by atoms with van der Waals surface area (Å²) < 4.78 is 5.49. The third kappa shape index (κ3) is 1.29. The van der Waals surface area contributed by atoms with Crippen LogP contribution in [0.3, 0.4) is 0 Å². The monoisotopic (exact) mass is 218 g/mol. The minimum Gasteiger partial charge on any atom is -0.493 e. The standard InChI is InChI=1S/C14H18O2/c1-13(6-7-13)14(2,15)11-3-4-12-10(9-11)5-8-16-12/h3-4,9,15H,5-8H2,1-2H3. The van der Waals surface area contributed by atoms with Gasteiger partial charge in [-0.25, -0.2) is 0 Å². The molecule has 1 fully saturated rings. The second kappa shape index (κ2) is 3.01. The van der Waals surface area contributed by atoms with E-state index < -0.39 is 5.60 Å².